The number of hydrogen-bond acceptors (Lipinski definition) is 7. The van der Waals surface area contributed by atoms with Crippen LogP contribution in [0.25, 0.3) is 0 Å². The van der Waals surface area contributed by atoms with Crippen LogP contribution in [-0.4, -0.2) is 75.1 Å². The van der Waals surface area contributed by atoms with E-state index in [0.29, 0.717) is 6.42 Å². The van der Waals surface area contributed by atoms with Crippen LogP contribution in [0.1, 0.15) is 6.42 Å². The quantitative estimate of drug-likeness (QED) is 0.353. The SMILES string of the molecule is OC[C@H]1O[C@H](OC2CC2O)[C@H](O)[C@@H](O)[C@H]1O. The molecule has 0 aromatic heterocycles. The van der Waals surface area contributed by atoms with Crippen LogP contribution in [0.4, 0.5) is 0 Å². The third kappa shape index (κ3) is 2.21. The van der Waals surface area contributed by atoms with Gasteiger partial charge in [-0.1, -0.05) is 0 Å². The van der Waals surface area contributed by atoms with Gasteiger partial charge in [-0.25, -0.2) is 0 Å². The highest BCUT2D eigenvalue weighted by Gasteiger charge is 2.48. The Labute approximate surface area is 91.8 Å². The molecule has 1 aliphatic carbocycles. The molecule has 1 saturated heterocycles. The number of rotatable bonds is 3. The summed E-state index contributed by atoms with van der Waals surface area (Å²) >= 11 is 0. The predicted octanol–water partition coefficient (Wildman–Crippen LogP) is -3.06. The molecule has 0 aromatic carbocycles. The summed E-state index contributed by atoms with van der Waals surface area (Å²) in [6, 6.07) is 0. The highest BCUT2D eigenvalue weighted by atomic mass is 16.7. The fourth-order valence-electron chi connectivity index (χ4n) is 1.66. The van der Waals surface area contributed by atoms with Crippen molar-refractivity contribution in [3.05, 3.63) is 0 Å². The molecule has 5 N–H and O–H groups in total. The van der Waals surface area contributed by atoms with Crippen molar-refractivity contribution in [1.82, 2.24) is 0 Å². The van der Waals surface area contributed by atoms with Crippen molar-refractivity contribution >= 4 is 0 Å². The van der Waals surface area contributed by atoms with Crippen molar-refractivity contribution in [2.24, 2.45) is 0 Å². The van der Waals surface area contributed by atoms with Gasteiger partial charge in [-0.15, -0.1) is 0 Å². The van der Waals surface area contributed by atoms with Gasteiger partial charge in [0, 0.05) is 6.42 Å². The molecule has 2 unspecified atom stereocenters. The topological polar surface area (TPSA) is 120 Å². The van der Waals surface area contributed by atoms with Crippen LogP contribution in [-0.2, 0) is 9.47 Å². The zero-order valence-corrected chi connectivity index (χ0v) is 8.51. The fourth-order valence-corrected chi connectivity index (χ4v) is 1.66. The van der Waals surface area contributed by atoms with E-state index >= 15 is 0 Å². The van der Waals surface area contributed by atoms with Crippen molar-refractivity contribution in [2.75, 3.05) is 6.61 Å². The van der Waals surface area contributed by atoms with Crippen LogP contribution < -0.4 is 0 Å². The Bertz CT molecular complexity index is 246. The van der Waals surface area contributed by atoms with E-state index in [0.717, 1.165) is 0 Å². The lowest BCUT2D eigenvalue weighted by atomic mass is 9.99. The Morgan fingerprint density at radius 1 is 1.06 bits per heavy atom. The summed E-state index contributed by atoms with van der Waals surface area (Å²) < 4.78 is 10.3. The summed E-state index contributed by atoms with van der Waals surface area (Å²) in [5.41, 5.74) is 0. The normalized spacial score (nSPS) is 52.7. The van der Waals surface area contributed by atoms with Crippen molar-refractivity contribution in [2.45, 2.75) is 49.3 Å². The van der Waals surface area contributed by atoms with E-state index in [9.17, 15) is 15.3 Å². The van der Waals surface area contributed by atoms with E-state index in [1.807, 2.05) is 0 Å². The first-order valence-corrected chi connectivity index (χ1v) is 5.18. The van der Waals surface area contributed by atoms with E-state index in [4.69, 9.17) is 19.7 Å². The molecule has 2 fully saturated rings. The lowest BCUT2D eigenvalue weighted by Crippen LogP contribution is -2.59. The number of ether oxygens (including phenoxy) is 2. The van der Waals surface area contributed by atoms with Gasteiger partial charge in [0.25, 0.3) is 0 Å². The minimum Gasteiger partial charge on any atom is -0.394 e. The molecular weight excluding hydrogens is 220 g/mol. The Hall–Kier alpha value is -0.280. The molecule has 0 aromatic rings. The molecule has 16 heavy (non-hydrogen) atoms. The lowest BCUT2D eigenvalue weighted by molar-refractivity contribution is -0.305. The van der Waals surface area contributed by atoms with Gasteiger partial charge in [-0.3, -0.25) is 0 Å². The highest BCUT2D eigenvalue weighted by molar-refractivity contribution is 4.92. The van der Waals surface area contributed by atoms with E-state index < -0.39 is 49.5 Å². The number of hydrogen-bond donors (Lipinski definition) is 5. The van der Waals surface area contributed by atoms with Gasteiger partial charge in [-0.05, 0) is 0 Å². The first kappa shape index (κ1) is 12.2. The van der Waals surface area contributed by atoms with Crippen LogP contribution in [0.3, 0.4) is 0 Å². The molecule has 0 amide bonds. The van der Waals surface area contributed by atoms with Crippen LogP contribution in [0.2, 0.25) is 0 Å². The number of aliphatic hydroxyl groups excluding tert-OH is 5. The molecule has 0 bridgehead atoms. The summed E-state index contributed by atoms with van der Waals surface area (Å²) in [5, 5.41) is 46.4. The minimum atomic E-state index is -1.44. The average Bonchev–Trinajstić information content (AvgIpc) is 2.95. The second-order valence-corrected chi connectivity index (χ2v) is 4.17. The van der Waals surface area contributed by atoms with Gasteiger partial charge >= 0.3 is 0 Å². The Kier molecular flexibility index (Phi) is 3.45. The molecular formula is C9H16O7. The average molecular weight is 236 g/mol. The monoisotopic (exact) mass is 236 g/mol. The lowest BCUT2D eigenvalue weighted by Gasteiger charge is -2.39. The van der Waals surface area contributed by atoms with E-state index in [2.05, 4.69) is 0 Å². The largest absolute Gasteiger partial charge is 0.394 e. The van der Waals surface area contributed by atoms with Gasteiger partial charge in [0.05, 0.1) is 18.8 Å². The summed E-state index contributed by atoms with van der Waals surface area (Å²) in [6.07, 6.45) is -6.87. The molecule has 7 atom stereocenters. The molecule has 1 saturated carbocycles. The molecule has 1 aliphatic heterocycles. The molecule has 2 aliphatic rings. The van der Waals surface area contributed by atoms with Gasteiger partial charge in [0.1, 0.15) is 24.4 Å². The van der Waals surface area contributed by atoms with Crippen molar-refractivity contribution < 1.29 is 35.0 Å². The van der Waals surface area contributed by atoms with Crippen LogP contribution >= 0.6 is 0 Å². The Morgan fingerprint density at radius 2 is 1.69 bits per heavy atom. The summed E-state index contributed by atoms with van der Waals surface area (Å²) in [7, 11) is 0. The summed E-state index contributed by atoms with van der Waals surface area (Å²) in [5.74, 6) is 0. The smallest absolute Gasteiger partial charge is 0.187 e. The minimum absolute atomic E-state index is 0.415. The Balaban J connectivity index is 1.96. The molecule has 1 heterocycles. The summed E-state index contributed by atoms with van der Waals surface area (Å²) in [4.78, 5) is 0. The molecule has 7 nitrogen and oxygen atoms in total. The van der Waals surface area contributed by atoms with Gasteiger partial charge in [-0.2, -0.15) is 0 Å². The maximum atomic E-state index is 9.56. The standard InChI is InChI=1S/C9H16O7/c10-2-5-6(12)7(13)8(14)9(16-5)15-4-1-3(4)11/h3-14H,1-2H2/t3?,4?,5-,6+,7+,8-,9+/m1/s1. The molecule has 2 rings (SSSR count). The van der Waals surface area contributed by atoms with Crippen molar-refractivity contribution in [3.8, 4) is 0 Å². The number of aliphatic hydroxyl groups is 5. The van der Waals surface area contributed by atoms with Crippen molar-refractivity contribution in [3.63, 3.8) is 0 Å². The maximum absolute atomic E-state index is 9.56. The van der Waals surface area contributed by atoms with Crippen LogP contribution in [0.5, 0.6) is 0 Å². The molecule has 94 valence electrons. The third-order valence-corrected chi connectivity index (χ3v) is 2.86. The second-order valence-electron chi connectivity index (χ2n) is 4.17. The third-order valence-electron chi connectivity index (χ3n) is 2.86. The van der Waals surface area contributed by atoms with E-state index in [1.165, 1.54) is 0 Å². The molecule has 0 radical (unpaired) electrons. The van der Waals surface area contributed by atoms with Crippen LogP contribution in [0, 0.1) is 0 Å². The first-order valence-electron chi connectivity index (χ1n) is 5.18. The van der Waals surface area contributed by atoms with E-state index in [-0.39, 0.29) is 0 Å². The van der Waals surface area contributed by atoms with Crippen LogP contribution in [0.15, 0.2) is 0 Å². The zero-order chi connectivity index (χ0) is 11.9. The van der Waals surface area contributed by atoms with Gasteiger partial charge in [0.15, 0.2) is 6.29 Å². The molecule has 7 heteroatoms. The predicted molar refractivity (Wildman–Crippen MR) is 49.3 cm³/mol. The van der Waals surface area contributed by atoms with Crippen molar-refractivity contribution in [1.29, 1.82) is 0 Å². The fraction of sp³-hybridized carbons (Fsp3) is 1.00. The van der Waals surface area contributed by atoms with Gasteiger partial charge < -0.3 is 35.0 Å². The Morgan fingerprint density at radius 3 is 2.19 bits per heavy atom. The van der Waals surface area contributed by atoms with E-state index in [1.54, 1.807) is 0 Å². The highest BCUT2D eigenvalue weighted by Crippen LogP contribution is 2.30. The summed E-state index contributed by atoms with van der Waals surface area (Å²) in [6.45, 7) is -0.488. The second kappa shape index (κ2) is 4.53. The first-order chi connectivity index (χ1) is 7.54. The maximum Gasteiger partial charge on any atom is 0.187 e. The molecule has 0 spiro atoms. The zero-order valence-electron chi connectivity index (χ0n) is 8.51. The van der Waals surface area contributed by atoms with Gasteiger partial charge in [0.2, 0.25) is 0 Å².